The summed E-state index contributed by atoms with van der Waals surface area (Å²) in [6.45, 7) is 7.42. The smallest absolute Gasteiger partial charge is 0.0234 e. The van der Waals surface area contributed by atoms with Gasteiger partial charge in [0.2, 0.25) is 0 Å². The molecule has 0 aliphatic carbocycles. The topological polar surface area (TPSA) is 29.3 Å². The molecule has 0 radical (unpaired) electrons. The molecule has 0 amide bonds. The van der Waals surface area contributed by atoms with Gasteiger partial charge in [-0.25, -0.2) is 0 Å². The number of hydrogen-bond donors (Lipinski definition) is 1. The summed E-state index contributed by atoms with van der Waals surface area (Å²) in [4.78, 5) is 2.36. The molecule has 0 aliphatic rings. The maximum atomic E-state index is 5.59. The Morgan fingerprint density at radius 2 is 1.93 bits per heavy atom. The van der Waals surface area contributed by atoms with Crippen molar-refractivity contribution in [2.75, 3.05) is 19.6 Å². The van der Waals surface area contributed by atoms with Gasteiger partial charge in [-0.1, -0.05) is 36.4 Å². The lowest BCUT2D eigenvalue weighted by molar-refractivity contribution is 0.278. The van der Waals surface area contributed by atoms with E-state index in [9.17, 15) is 0 Å². The van der Waals surface area contributed by atoms with Gasteiger partial charge < -0.3 is 5.73 Å². The van der Waals surface area contributed by atoms with Gasteiger partial charge in [0.05, 0.1) is 0 Å². The molecule has 1 aromatic carbocycles. The van der Waals surface area contributed by atoms with E-state index >= 15 is 0 Å². The Bertz CT molecular complexity index is 269. The molecule has 0 aromatic heterocycles. The lowest BCUT2D eigenvalue weighted by Crippen LogP contribution is -2.29. The zero-order valence-electron chi connectivity index (χ0n) is 9.23. The van der Waals surface area contributed by atoms with Crippen molar-refractivity contribution < 1.29 is 0 Å². The minimum absolute atomic E-state index is 0.712. The van der Waals surface area contributed by atoms with Gasteiger partial charge in [-0.3, -0.25) is 4.90 Å². The highest BCUT2D eigenvalue weighted by atomic mass is 15.1. The molecule has 0 atom stereocenters. The molecule has 1 rings (SSSR count). The Hall–Kier alpha value is -1.12. The highest BCUT2D eigenvalue weighted by Crippen LogP contribution is 2.04. The van der Waals surface area contributed by atoms with Crippen molar-refractivity contribution in [2.45, 2.75) is 13.0 Å². The van der Waals surface area contributed by atoms with E-state index in [2.05, 4.69) is 35.7 Å². The molecule has 0 unspecified atom stereocenters. The monoisotopic (exact) mass is 204 g/mol. The molecular weight excluding hydrogens is 184 g/mol. The quantitative estimate of drug-likeness (QED) is 0.689. The summed E-state index contributed by atoms with van der Waals surface area (Å²) < 4.78 is 0. The van der Waals surface area contributed by atoms with Gasteiger partial charge >= 0.3 is 0 Å². The largest absolute Gasteiger partial charge is 0.329 e. The summed E-state index contributed by atoms with van der Waals surface area (Å²) in [5, 5.41) is 0. The SMILES string of the molecule is C=CCCN(CCN)Cc1ccccc1. The van der Waals surface area contributed by atoms with E-state index in [4.69, 9.17) is 5.73 Å². The van der Waals surface area contributed by atoms with Crippen LogP contribution in [0, 0.1) is 0 Å². The zero-order valence-corrected chi connectivity index (χ0v) is 9.23. The molecule has 0 fully saturated rings. The maximum absolute atomic E-state index is 5.59. The molecule has 1 aromatic rings. The first kappa shape index (κ1) is 12.0. The molecule has 0 saturated heterocycles. The fraction of sp³-hybridized carbons (Fsp3) is 0.385. The van der Waals surface area contributed by atoms with Crippen molar-refractivity contribution >= 4 is 0 Å². The van der Waals surface area contributed by atoms with Crippen molar-refractivity contribution in [2.24, 2.45) is 5.73 Å². The van der Waals surface area contributed by atoms with Crippen LogP contribution in [0.2, 0.25) is 0 Å². The van der Waals surface area contributed by atoms with Crippen molar-refractivity contribution in [3.63, 3.8) is 0 Å². The van der Waals surface area contributed by atoms with E-state index in [1.165, 1.54) is 5.56 Å². The van der Waals surface area contributed by atoms with E-state index < -0.39 is 0 Å². The Kier molecular flexibility index (Phi) is 5.74. The third kappa shape index (κ3) is 4.77. The summed E-state index contributed by atoms with van der Waals surface area (Å²) in [5.41, 5.74) is 6.93. The van der Waals surface area contributed by atoms with Crippen molar-refractivity contribution in [3.8, 4) is 0 Å². The molecule has 2 heteroatoms. The van der Waals surface area contributed by atoms with Crippen LogP contribution in [-0.4, -0.2) is 24.5 Å². The third-order valence-electron chi connectivity index (χ3n) is 2.34. The molecule has 2 nitrogen and oxygen atoms in total. The average molecular weight is 204 g/mol. The number of benzene rings is 1. The van der Waals surface area contributed by atoms with Crippen LogP contribution in [0.25, 0.3) is 0 Å². The first-order valence-electron chi connectivity index (χ1n) is 5.44. The van der Waals surface area contributed by atoms with E-state index in [0.717, 1.165) is 26.1 Å². The van der Waals surface area contributed by atoms with Crippen LogP contribution in [0.3, 0.4) is 0 Å². The van der Waals surface area contributed by atoms with Gasteiger partial charge in [-0.05, 0) is 12.0 Å². The first-order valence-corrected chi connectivity index (χ1v) is 5.44. The molecule has 0 saturated carbocycles. The minimum atomic E-state index is 0.712. The van der Waals surface area contributed by atoms with Crippen LogP contribution in [0.5, 0.6) is 0 Å². The zero-order chi connectivity index (χ0) is 10.9. The highest BCUT2D eigenvalue weighted by Gasteiger charge is 2.03. The lowest BCUT2D eigenvalue weighted by atomic mass is 10.2. The maximum Gasteiger partial charge on any atom is 0.0234 e. The second-order valence-electron chi connectivity index (χ2n) is 3.63. The number of rotatable bonds is 7. The van der Waals surface area contributed by atoms with Gasteiger partial charge in [-0.15, -0.1) is 6.58 Å². The summed E-state index contributed by atoms with van der Waals surface area (Å²) in [5.74, 6) is 0. The highest BCUT2D eigenvalue weighted by molar-refractivity contribution is 5.14. The minimum Gasteiger partial charge on any atom is -0.329 e. The Balaban J connectivity index is 2.46. The fourth-order valence-electron chi connectivity index (χ4n) is 1.57. The van der Waals surface area contributed by atoms with Crippen LogP contribution >= 0.6 is 0 Å². The van der Waals surface area contributed by atoms with E-state index in [0.29, 0.717) is 6.54 Å². The van der Waals surface area contributed by atoms with Crippen LogP contribution in [0.1, 0.15) is 12.0 Å². The predicted octanol–water partition coefficient (Wildman–Crippen LogP) is 2.02. The Morgan fingerprint density at radius 1 is 1.20 bits per heavy atom. The molecule has 2 N–H and O–H groups in total. The fourth-order valence-corrected chi connectivity index (χ4v) is 1.57. The second kappa shape index (κ2) is 7.21. The number of nitrogens with two attached hydrogens (primary N) is 1. The van der Waals surface area contributed by atoms with Crippen molar-refractivity contribution in [1.29, 1.82) is 0 Å². The summed E-state index contributed by atoms with van der Waals surface area (Å²) in [6.07, 6.45) is 2.97. The predicted molar refractivity (Wildman–Crippen MR) is 65.6 cm³/mol. The van der Waals surface area contributed by atoms with Crippen molar-refractivity contribution in [3.05, 3.63) is 48.6 Å². The third-order valence-corrected chi connectivity index (χ3v) is 2.34. The van der Waals surface area contributed by atoms with Gasteiger partial charge in [0.1, 0.15) is 0 Å². The molecular formula is C13H20N2. The van der Waals surface area contributed by atoms with Gasteiger partial charge in [0.25, 0.3) is 0 Å². The number of hydrogen-bond acceptors (Lipinski definition) is 2. The van der Waals surface area contributed by atoms with Gasteiger partial charge in [0.15, 0.2) is 0 Å². The lowest BCUT2D eigenvalue weighted by Gasteiger charge is -2.20. The normalized spacial score (nSPS) is 10.5. The van der Waals surface area contributed by atoms with Crippen LogP contribution < -0.4 is 5.73 Å². The molecule has 0 heterocycles. The molecule has 82 valence electrons. The van der Waals surface area contributed by atoms with Gasteiger partial charge in [-0.2, -0.15) is 0 Å². The summed E-state index contributed by atoms with van der Waals surface area (Å²) in [6, 6.07) is 10.5. The van der Waals surface area contributed by atoms with Crippen LogP contribution in [0.4, 0.5) is 0 Å². The van der Waals surface area contributed by atoms with Crippen LogP contribution in [-0.2, 0) is 6.54 Å². The summed E-state index contributed by atoms with van der Waals surface area (Å²) in [7, 11) is 0. The van der Waals surface area contributed by atoms with Crippen molar-refractivity contribution in [1.82, 2.24) is 4.90 Å². The van der Waals surface area contributed by atoms with Crippen LogP contribution in [0.15, 0.2) is 43.0 Å². The molecule has 0 spiro atoms. The van der Waals surface area contributed by atoms with E-state index in [1.54, 1.807) is 0 Å². The second-order valence-corrected chi connectivity index (χ2v) is 3.63. The van der Waals surface area contributed by atoms with Gasteiger partial charge in [0, 0.05) is 26.2 Å². The molecule has 15 heavy (non-hydrogen) atoms. The Labute approximate surface area is 92.4 Å². The average Bonchev–Trinajstić information content (AvgIpc) is 2.28. The Morgan fingerprint density at radius 3 is 2.53 bits per heavy atom. The summed E-state index contributed by atoms with van der Waals surface area (Å²) >= 11 is 0. The molecule has 0 aliphatic heterocycles. The first-order chi connectivity index (χ1) is 7.36. The standard InChI is InChI=1S/C13H20N2/c1-2-3-10-15(11-9-14)12-13-7-5-4-6-8-13/h2,4-8H,1,3,9-12,14H2. The molecule has 0 bridgehead atoms. The van der Waals surface area contributed by atoms with E-state index in [1.807, 2.05) is 12.1 Å². The van der Waals surface area contributed by atoms with E-state index in [-0.39, 0.29) is 0 Å². The number of nitrogens with zero attached hydrogens (tertiary/aromatic N) is 1.